The molecule has 0 fully saturated rings. The van der Waals surface area contributed by atoms with E-state index in [1.165, 1.54) is 25.6 Å². The summed E-state index contributed by atoms with van der Waals surface area (Å²) in [6, 6.07) is 17.7. The van der Waals surface area contributed by atoms with Gasteiger partial charge in [-0.1, -0.05) is 32.0 Å². The van der Waals surface area contributed by atoms with Crippen molar-refractivity contribution in [2.24, 2.45) is 5.92 Å². The lowest BCUT2D eigenvalue weighted by Crippen LogP contribution is -2.37. The van der Waals surface area contributed by atoms with Crippen LogP contribution in [0.25, 0.3) is 0 Å². The number of rotatable bonds is 10. The Hall–Kier alpha value is -5.25. The number of aliphatic carboxylic acids is 1. The summed E-state index contributed by atoms with van der Waals surface area (Å²) in [5.41, 5.74) is 1.75. The number of hydrogen-bond donors (Lipinski definition) is 2. The molecule has 44 heavy (non-hydrogen) atoms. The molecule has 0 saturated carbocycles. The van der Waals surface area contributed by atoms with Gasteiger partial charge in [0.15, 0.2) is 17.2 Å². The maximum atomic E-state index is 13.4. The highest BCUT2D eigenvalue weighted by Gasteiger charge is 2.55. The first-order valence-corrected chi connectivity index (χ1v) is 14.2. The number of carboxylic acids is 2. The summed E-state index contributed by atoms with van der Waals surface area (Å²) in [6.45, 7) is 4.52. The van der Waals surface area contributed by atoms with Crippen LogP contribution in [0.2, 0.25) is 0 Å². The van der Waals surface area contributed by atoms with E-state index >= 15 is 0 Å². The Kier molecular flexibility index (Phi) is 7.50. The summed E-state index contributed by atoms with van der Waals surface area (Å²) in [7, 11) is 1.50. The van der Waals surface area contributed by atoms with Crippen LogP contribution in [0.1, 0.15) is 58.8 Å². The molecule has 0 amide bonds. The molecule has 1 aliphatic heterocycles. The van der Waals surface area contributed by atoms with Crippen LogP contribution in [0, 0.1) is 5.92 Å². The van der Waals surface area contributed by atoms with E-state index in [0.717, 1.165) is 23.1 Å². The van der Waals surface area contributed by atoms with Crippen LogP contribution in [-0.4, -0.2) is 47.6 Å². The number of methoxy groups -OCH3 is 1. The van der Waals surface area contributed by atoms with Crippen LogP contribution in [0.4, 0.5) is 0 Å². The fraction of sp³-hybridized carbons (Fsp3) is 0.265. The second kappa shape index (κ2) is 11.4. The van der Waals surface area contributed by atoms with Crippen molar-refractivity contribution in [2.75, 3.05) is 20.5 Å². The Labute approximate surface area is 253 Å². The molecule has 226 valence electrons. The molecular weight excluding hydrogens is 566 g/mol. The SMILES string of the molecule is CCCOc1ccc2c(c1)C(c1ccc(OC)cc1Oc1cnccc1C(=O)O)C(C(=O)O)C2(C)c1ccc2c(c1)OCO2. The quantitative estimate of drug-likeness (QED) is 0.216. The van der Waals surface area contributed by atoms with Gasteiger partial charge in [-0.05, 0) is 59.5 Å². The van der Waals surface area contributed by atoms with Gasteiger partial charge in [-0.15, -0.1) is 0 Å². The molecule has 0 saturated heterocycles. The molecule has 10 heteroatoms. The van der Waals surface area contributed by atoms with E-state index in [1.54, 1.807) is 24.3 Å². The topological polar surface area (TPSA) is 134 Å². The number of aromatic carboxylic acids is 1. The average molecular weight is 598 g/mol. The molecular formula is C34H31NO9. The van der Waals surface area contributed by atoms with Crippen LogP contribution in [0.3, 0.4) is 0 Å². The maximum absolute atomic E-state index is 13.4. The monoisotopic (exact) mass is 597 g/mol. The second-order valence-corrected chi connectivity index (χ2v) is 10.8. The van der Waals surface area contributed by atoms with Gasteiger partial charge in [-0.3, -0.25) is 9.78 Å². The first-order chi connectivity index (χ1) is 21.3. The summed E-state index contributed by atoms with van der Waals surface area (Å²) in [5, 5.41) is 20.8. The molecule has 1 aromatic heterocycles. The largest absolute Gasteiger partial charge is 0.497 e. The van der Waals surface area contributed by atoms with Gasteiger partial charge in [-0.25, -0.2) is 4.79 Å². The summed E-state index contributed by atoms with van der Waals surface area (Å²) in [5.74, 6) is -1.47. The number of fused-ring (bicyclic) bond motifs is 2. The molecule has 2 N–H and O–H groups in total. The van der Waals surface area contributed by atoms with Gasteiger partial charge >= 0.3 is 11.9 Å². The Morgan fingerprint density at radius 1 is 0.955 bits per heavy atom. The Balaban J connectivity index is 1.58. The Morgan fingerprint density at radius 3 is 2.50 bits per heavy atom. The third-order valence-corrected chi connectivity index (χ3v) is 8.37. The minimum Gasteiger partial charge on any atom is -0.497 e. The van der Waals surface area contributed by atoms with E-state index in [9.17, 15) is 19.8 Å². The molecule has 4 aromatic rings. The highest BCUT2D eigenvalue weighted by Crippen LogP contribution is 2.59. The standard InChI is InChI=1S/C34H31NO9/c1-4-13-41-21-7-9-25-24(15-21)30(31(33(38)39)34(25,2)19-5-10-26-28(14-19)43-18-42-26)22-8-6-20(40-3)16-27(22)44-29-17-35-12-11-23(29)32(36)37/h5-12,14-17,30-31H,4,13,18H2,1-3H3,(H,36,37)(H,38,39). The predicted octanol–water partition coefficient (Wildman–Crippen LogP) is 6.25. The predicted molar refractivity (Wildman–Crippen MR) is 158 cm³/mol. The number of nitrogens with zero attached hydrogens (tertiary/aromatic N) is 1. The van der Waals surface area contributed by atoms with Crippen molar-refractivity contribution in [3.8, 4) is 34.5 Å². The normalized spacial score (nSPS) is 19.7. The van der Waals surface area contributed by atoms with Crippen LogP contribution in [-0.2, 0) is 10.2 Å². The third kappa shape index (κ3) is 4.82. The highest BCUT2D eigenvalue weighted by molar-refractivity contribution is 5.90. The van der Waals surface area contributed by atoms with E-state index in [2.05, 4.69) is 4.98 Å². The summed E-state index contributed by atoms with van der Waals surface area (Å²) in [6.07, 6.45) is 3.49. The number of pyridine rings is 1. The van der Waals surface area contributed by atoms with Crippen molar-refractivity contribution >= 4 is 11.9 Å². The van der Waals surface area contributed by atoms with E-state index in [-0.39, 0.29) is 23.9 Å². The van der Waals surface area contributed by atoms with Gasteiger partial charge in [0.1, 0.15) is 22.8 Å². The number of benzene rings is 3. The molecule has 0 bridgehead atoms. The van der Waals surface area contributed by atoms with Gasteiger partial charge < -0.3 is 33.9 Å². The van der Waals surface area contributed by atoms with E-state index in [4.69, 9.17) is 23.7 Å². The Bertz CT molecular complexity index is 1750. The zero-order valence-electron chi connectivity index (χ0n) is 24.4. The molecule has 1 aliphatic carbocycles. The summed E-state index contributed by atoms with van der Waals surface area (Å²) >= 11 is 0. The molecule has 2 heterocycles. The number of carbonyl (C=O) groups is 2. The molecule has 3 atom stereocenters. The van der Waals surface area contributed by atoms with Crippen LogP contribution in [0.15, 0.2) is 73.1 Å². The first kappa shape index (κ1) is 28.9. The number of aromatic nitrogens is 1. The summed E-state index contributed by atoms with van der Waals surface area (Å²) < 4.78 is 28.9. The first-order valence-electron chi connectivity index (χ1n) is 14.2. The Morgan fingerprint density at radius 2 is 1.75 bits per heavy atom. The maximum Gasteiger partial charge on any atom is 0.339 e. The fourth-order valence-electron chi connectivity index (χ4n) is 6.30. The smallest absolute Gasteiger partial charge is 0.339 e. The molecule has 3 unspecified atom stereocenters. The van der Waals surface area contributed by atoms with Crippen LogP contribution >= 0.6 is 0 Å². The zero-order valence-corrected chi connectivity index (χ0v) is 24.4. The lowest BCUT2D eigenvalue weighted by molar-refractivity contribution is -0.143. The van der Waals surface area contributed by atoms with Gasteiger partial charge in [0, 0.05) is 29.2 Å². The zero-order chi connectivity index (χ0) is 31.0. The second-order valence-electron chi connectivity index (χ2n) is 10.8. The molecule has 2 aliphatic rings. The van der Waals surface area contributed by atoms with Crippen molar-refractivity contribution in [2.45, 2.75) is 31.6 Å². The molecule has 6 rings (SSSR count). The average Bonchev–Trinajstić information content (AvgIpc) is 3.60. The van der Waals surface area contributed by atoms with Gasteiger partial charge in [0.25, 0.3) is 0 Å². The molecule has 0 spiro atoms. The lowest BCUT2D eigenvalue weighted by Gasteiger charge is -2.33. The van der Waals surface area contributed by atoms with Crippen molar-refractivity contribution < 1.29 is 43.5 Å². The van der Waals surface area contributed by atoms with Gasteiger partial charge in [0.2, 0.25) is 6.79 Å². The van der Waals surface area contributed by atoms with Crippen molar-refractivity contribution in [1.29, 1.82) is 0 Å². The number of hydrogen-bond acceptors (Lipinski definition) is 8. The van der Waals surface area contributed by atoms with E-state index in [1.807, 2.05) is 44.2 Å². The van der Waals surface area contributed by atoms with Crippen molar-refractivity contribution in [1.82, 2.24) is 4.98 Å². The van der Waals surface area contributed by atoms with E-state index < -0.39 is 29.2 Å². The van der Waals surface area contributed by atoms with E-state index in [0.29, 0.717) is 35.2 Å². The minimum atomic E-state index is -1.19. The van der Waals surface area contributed by atoms with Crippen molar-refractivity contribution in [3.63, 3.8) is 0 Å². The van der Waals surface area contributed by atoms with Gasteiger partial charge in [0.05, 0.1) is 25.8 Å². The van der Waals surface area contributed by atoms with Gasteiger partial charge in [-0.2, -0.15) is 0 Å². The molecule has 3 aromatic carbocycles. The third-order valence-electron chi connectivity index (χ3n) is 8.37. The number of carboxylic acid groups (broad SMARTS) is 2. The van der Waals surface area contributed by atoms with Crippen LogP contribution < -0.4 is 23.7 Å². The van der Waals surface area contributed by atoms with Crippen LogP contribution in [0.5, 0.6) is 34.5 Å². The minimum absolute atomic E-state index is 0.0122. The lowest BCUT2D eigenvalue weighted by atomic mass is 9.68. The molecule has 0 radical (unpaired) electrons. The number of ether oxygens (including phenoxy) is 5. The highest BCUT2D eigenvalue weighted by atomic mass is 16.7. The fourth-order valence-corrected chi connectivity index (χ4v) is 6.30. The molecule has 10 nitrogen and oxygen atoms in total. The van der Waals surface area contributed by atoms with Crippen molar-refractivity contribution in [3.05, 3.63) is 101 Å². The summed E-state index contributed by atoms with van der Waals surface area (Å²) in [4.78, 5) is 29.5.